The van der Waals surface area contributed by atoms with E-state index in [0.29, 0.717) is 32.7 Å². The molecule has 1 rings (SSSR count). The van der Waals surface area contributed by atoms with Gasteiger partial charge in [-0.2, -0.15) is 0 Å². The maximum absolute atomic E-state index is 11.6. The van der Waals surface area contributed by atoms with Crippen LogP contribution in [0.5, 0.6) is 0 Å². The minimum atomic E-state index is -3.21. The molecule has 1 amide bonds. The van der Waals surface area contributed by atoms with Gasteiger partial charge in [-0.1, -0.05) is 6.92 Å². The van der Waals surface area contributed by atoms with E-state index in [1.54, 1.807) is 11.8 Å². The number of hydrogen-bond donors (Lipinski definition) is 0. The van der Waals surface area contributed by atoms with Crippen LogP contribution in [0.25, 0.3) is 0 Å². The van der Waals surface area contributed by atoms with Crippen molar-refractivity contribution in [2.45, 2.75) is 13.3 Å². The normalized spacial score (nSPS) is 17.8. The standard InChI is InChI=1S/C9H17NO4S/c1-2-7-15(12,13)8-9(11)10-3-5-14-6-4-10/h2-8H2,1H3. The van der Waals surface area contributed by atoms with Crippen LogP contribution < -0.4 is 0 Å². The van der Waals surface area contributed by atoms with E-state index >= 15 is 0 Å². The lowest BCUT2D eigenvalue weighted by atomic mass is 10.4. The zero-order valence-electron chi connectivity index (χ0n) is 8.94. The van der Waals surface area contributed by atoms with E-state index in [-0.39, 0.29) is 17.4 Å². The zero-order valence-corrected chi connectivity index (χ0v) is 9.75. The SMILES string of the molecule is CCCS(=O)(=O)CC(=O)N1CCOCC1. The van der Waals surface area contributed by atoms with Crippen LogP contribution >= 0.6 is 0 Å². The van der Waals surface area contributed by atoms with Gasteiger partial charge in [0.05, 0.1) is 19.0 Å². The van der Waals surface area contributed by atoms with Crippen molar-refractivity contribution in [1.29, 1.82) is 0 Å². The third-order valence-electron chi connectivity index (χ3n) is 2.22. The second-order valence-corrected chi connectivity index (χ2v) is 5.77. The fourth-order valence-electron chi connectivity index (χ4n) is 1.48. The second-order valence-electron chi connectivity index (χ2n) is 3.59. The molecule has 0 bridgehead atoms. The molecule has 15 heavy (non-hydrogen) atoms. The largest absolute Gasteiger partial charge is 0.378 e. The van der Waals surface area contributed by atoms with E-state index < -0.39 is 9.84 Å². The molecule has 0 radical (unpaired) electrons. The Morgan fingerprint density at radius 2 is 1.93 bits per heavy atom. The van der Waals surface area contributed by atoms with Crippen LogP contribution in [0, 0.1) is 0 Å². The monoisotopic (exact) mass is 235 g/mol. The van der Waals surface area contributed by atoms with E-state index in [9.17, 15) is 13.2 Å². The number of hydrogen-bond acceptors (Lipinski definition) is 4. The lowest BCUT2D eigenvalue weighted by Gasteiger charge is -2.26. The number of nitrogens with zero attached hydrogens (tertiary/aromatic N) is 1. The molecule has 0 spiro atoms. The van der Waals surface area contributed by atoms with Crippen molar-refractivity contribution in [3.63, 3.8) is 0 Å². The molecule has 0 atom stereocenters. The number of rotatable bonds is 4. The summed E-state index contributed by atoms with van der Waals surface area (Å²) in [5, 5.41) is 0. The first kappa shape index (κ1) is 12.4. The van der Waals surface area contributed by atoms with Crippen molar-refractivity contribution < 1.29 is 17.9 Å². The third-order valence-corrected chi connectivity index (χ3v) is 3.94. The summed E-state index contributed by atoms with van der Waals surface area (Å²) < 4.78 is 27.9. The smallest absolute Gasteiger partial charge is 0.237 e. The topological polar surface area (TPSA) is 63.7 Å². The summed E-state index contributed by atoms with van der Waals surface area (Å²) >= 11 is 0. The summed E-state index contributed by atoms with van der Waals surface area (Å²) in [6, 6.07) is 0. The molecule has 0 N–H and O–H groups in total. The van der Waals surface area contributed by atoms with Crippen LogP contribution in [0.4, 0.5) is 0 Å². The van der Waals surface area contributed by atoms with E-state index in [1.807, 2.05) is 0 Å². The van der Waals surface area contributed by atoms with Crippen molar-refractivity contribution in [3.8, 4) is 0 Å². The Labute approximate surface area is 90.3 Å². The molecule has 0 aromatic heterocycles. The Morgan fingerprint density at radius 1 is 1.33 bits per heavy atom. The van der Waals surface area contributed by atoms with Crippen LogP contribution in [-0.2, 0) is 19.4 Å². The van der Waals surface area contributed by atoms with Gasteiger partial charge in [0.15, 0.2) is 9.84 Å². The van der Waals surface area contributed by atoms with Gasteiger partial charge in [-0.05, 0) is 6.42 Å². The summed E-state index contributed by atoms with van der Waals surface area (Å²) in [5.41, 5.74) is 0. The molecule has 0 unspecified atom stereocenters. The lowest BCUT2D eigenvalue weighted by Crippen LogP contribution is -2.43. The van der Waals surface area contributed by atoms with Crippen molar-refractivity contribution in [2.75, 3.05) is 37.8 Å². The number of carbonyl (C=O) groups excluding carboxylic acids is 1. The van der Waals surface area contributed by atoms with Crippen LogP contribution in [0.3, 0.4) is 0 Å². The first-order valence-electron chi connectivity index (χ1n) is 5.11. The highest BCUT2D eigenvalue weighted by Gasteiger charge is 2.22. The molecule has 5 nitrogen and oxygen atoms in total. The Kier molecular flexibility index (Phi) is 4.53. The van der Waals surface area contributed by atoms with Crippen molar-refractivity contribution in [3.05, 3.63) is 0 Å². The molecule has 1 aliphatic rings. The minimum Gasteiger partial charge on any atom is -0.378 e. The Morgan fingerprint density at radius 3 is 2.47 bits per heavy atom. The Hall–Kier alpha value is -0.620. The molecule has 1 fully saturated rings. The summed E-state index contributed by atoms with van der Waals surface area (Å²) in [4.78, 5) is 13.1. The fourth-order valence-corrected chi connectivity index (χ4v) is 2.80. The summed E-state index contributed by atoms with van der Waals surface area (Å²) in [6.07, 6.45) is 0.554. The van der Waals surface area contributed by atoms with Gasteiger partial charge >= 0.3 is 0 Å². The average Bonchev–Trinajstić information content (AvgIpc) is 2.18. The first-order chi connectivity index (χ1) is 7.05. The maximum Gasteiger partial charge on any atom is 0.237 e. The van der Waals surface area contributed by atoms with Gasteiger partial charge in [-0.25, -0.2) is 8.42 Å². The van der Waals surface area contributed by atoms with Gasteiger partial charge in [0.25, 0.3) is 0 Å². The molecule has 6 heteroatoms. The summed E-state index contributed by atoms with van der Waals surface area (Å²) in [6.45, 7) is 3.79. The molecule has 0 saturated carbocycles. The van der Waals surface area contributed by atoms with Crippen molar-refractivity contribution >= 4 is 15.7 Å². The number of morpholine rings is 1. The predicted molar refractivity (Wildman–Crippen MR) is 56.3 cm³/mol. The van der Waals surface area contributed by atoms with Gasteiger partial charge < -0.3 is 9.64 Å². The summed E-state index contributed by atoms with van der Waals surface area (Å²) in [7, 11) is -3.21. The highest BCUT2D eigenvalue weighted by molar-refractivity contribution is 7.92. The first-order valence-corrected chi connectivity index (χ1v) is 6.93. The van der Waals surface area contributed by atoms with Crippen LogP contribution in [0.15, 0.2) is 0 Å². The van der Waals surface area contributed by atoms with Crippen molar-refractivity contribution in [2.24, 2.45) is 0 Å². The van der Waals surface area contributed by atoms with Gasteiger partial charge in [0.1, 0.15) is 5.75 Å². The van der Waals surface area contributed by atoms with E-state index in [2.05, 4.69) is 0 Å². The van der Waals surface area contributed by atoms with Gasteiger partial charge in [-0.3, -0.25) is 4.79 Å². The molecule has 1 heterocycles. The molecule has 1 saturated heterocycles. The molecular weight excluding hydrogens is 218 g/mol. The van der Waals surface area contributed by atoms with Crippen LogP contribution in [0.2, 0.25) is 0 Å². The molecule has 0 aliphatic carbocycles. The van der Waals surface area contributed by atoms with E-state index in [1.165, 1.54) is 0 Å². The molecule has 88 valence electrons. The Bertz CT molecular complexity index is 306. The summed E-state index contributed by atoms with van der Waals surface area (Å²) in [5.74, 6) is -0.573. The molecular formula is C9H17NO4S. The average molecular weight is 235 g/mol. The number of amides is 1. The number of carbonyl (C=O) groups is 1. The predicted octanol–water partition coefficient (Wildman–Crippen LogP) is -0.330. The van der Waals surface area contributed by atoms with Crippen LogP contribution in [0.1, 0.15) is 13.3 Å². The zero-order chi connectivity index (χ0) is 11.3. The van der Waals surface area contributed by atoms with E-state index in [0.717, 1.165) is 0 Å². The molecule has 0 aromatic carbocycles. The van der Waals surface area contributed by atoms with Gasteiger partial charge in [0, 0.05) is 13.1 Å². The Balaban J connectivity index is 2.47. The van der Waals surface area contributed by atoms with E-state index in [4.69, 9.17) is 4.74 Å². The lowest BCUT2D eigenvalue weighted by molar-refractivity contribution is -0.132. The third kappa shape index (κ3) is 4.17. The van der Waals surface area contributed by atoms with Crippen LogP contribution in [-0.4, -0.2) is 57.0 Å². The minimum absolute atomic E-state index is 0.0864. The highest BCUT2D eigenvalue weighted by Crippen LogP contribution is 2.01. The van der Waals surface area contributed by atoms with Crippen molar-refractivity contribution in [1.82, 2.24) is 4.90 Å². The number of ether oxygens (including phenoxy) is 1. The molecule has 0 aromatic rings. The fraction of sp³-hybridized carbons (Fsp3) is 0.889. The van der Waals surface area contributed by atoms with Gasteiger partial charge in [-0.15, -0.1) is 0 Å². The number of sulfone groups is 1. The molecule has 1 aliphatic heterocycles. The second kappa shape index (κ2) is 5.46. The maximum atomic E-state index is 11.6. The highest BCUT2D eigenvalue weighted by atomic mass is 32.2. The van der Waals surface area contributed by atoms with Gasteiger partial charge in [0.2, 0.25) is 5.91 Å². The quantitative estimate of drug-likeness (QED) is 0.669.